The summed E-state index contributed by atoms with van der Waals surface area (Å²) < 4.78 is 15.8. The molecule has 14 heavy (non-hydrogen) atoms. The molecule has 4 N–H and O–H groups in total. The van der Waals surface area contributed by atoms with E-state index in [-0.39, 0.29) is 6.15 Å². The van der Waals surface area contributed by atoms with Gasteiger partial charge in [0.05, 0.1) is 0 Å². The molecule has 0 aromatic heterocycles. The minimum absolute atomic E-state index is 0. The Hall–Kier alpha value is 0.0169. The molecule has 0 fully saturated rings. The zero-order chi connectivity index (χ0) is 10.2. The molecule has 0 amide bonds. The number of hydrogen-bond acceptors (Lipinski definition) is 5. The van der Waals surface area contributed by atoms with E-state index in [0.29, 0.717) is 0 Å². The highest BCUT2D eigenvalue weighted by atomic mass is 28.4. The second-order valence-electron chi connectivity index (χ2n) is 2.75. The van der Waals surface area contributed by atoms with Gasteiger partial charge in [-0.25, -0.2) is 0 Å². The molecule has 0 aromatic carbocycles. The van der Waals surface area contributed by atoms with Crippen molar-refractivity contribution in [2.75, 3.05) is 34.4 Å². The fourth-order valence-corrected chi connectivity index (χ4v) is 2.89. The molecule has 5 nitrogen and oxygen atoms in total. The SMILES string of the molecule is CCNCCC[Si](OC)(OC)OC.N. The van der Waals surface area contributed by atoms with Crippen LogP contribution in [0.4, 0.5) is 0 Å². The van der Waals surface area contributed by atoms with E-state index in [1.54, 1.807) is 21.3 Å². The molecule has 0 rings (SSSR count). The van der Waals surface area contributed by atoms with Crippen molar-refractivity contribution >= 4 is 8.80 Å². The lowest BCUT2D eigenvalue weighted by Crippen LogP contribution is -2.43. The summed E-state index contributed by atoms with van der Waals surface area (Å²) >= 11 is 0. The second kappa shape index (κ2) is 9.57. The Balaban J connectivity index is 0. The van der Waals surface area contributed by atoms with Crippen LogP contribution in [0.3, 0.4) is 0 Å². The highest BCUT2D eigenvalue weighted by molar-refractivity contribution is 6.60. The standard InChI is InChI=1S/C8H21NO3Si.H3N/c1-5-9-7-6-8-13(10-2,11-3)12-4;/h9H,5-8H2,1-4H3;1H3. The predicted octanol–water partition coefficient (Wildman–Crippen LogP) is 1.03. The molecule has 0 saturated heterocycles. The van der Waals surface area contributed by atoms with Crippen LogP contribution in [0.5, 0.6) is 0 Å². The van der Waals surface area contributed by atoms with Crippen LogP contribution in [0.2, 0.25) is 6.04 Å². The van der Waals surface area contributed by atoms with Gasteiger partial charge in [-0.1, -0.05) is 6.92 Å². The second-order valence-corrected chi connectivity index (χ2v) is 5.84. The Bertz CT molecular complexity index is 115. The van der Waals surface area contributed by atoms with E-state index < -0.39 is 8.80 Å². The molecule has 88 valence electrons. The van der Waals surface area contributed by atoms with Crippen LogP contribution in [-0.4, -0.2) is 43.2 Å². The normalized spacial score (nSPS) is 11.1. The van der Waals surface area contributed by atoms with Gasteiger partial charge in [0.15, 0.2) is 0 Å². The van der Waals surface area contributed by atoms with Crippen molar-refractivity contribution < 1.29 is 13.3 Å². The summed E-state index contributed by atoms with van der Waals surface area (Å²) in [6, 6.07) is 0.865. The third kappa shape index (κ3) is 5.69. The van der Waals surface area contributed by atoms with Gasteiger partial charge in [0.1, 0.15) is 0 Å². The van der Waals surface area contributed by atoms with E-state index in [2.05, 4.69) is 12.2 Å². The fraction of sp³-hybridized carbons (Fsp3) is 1.00. The van der Waals surface area contributed by atoms with Crippen molar-refractivity contribution in [3.05, 3.63) is 0 Å². The molecule has 0 bridgehead atoms. The van der Waals surface area contributed by atoms with E-state index in [4.69, 9.17) is 13.3 Å². The van der Waals surface area contributed by atoms with Gasteiger partial charge in [0, 0.05) is 27.4 Å². The van der Waals surface area contributed by atoms with Crippen LogP contribution >= 0.6 is 0 Å². The molecule has 6 heteroatoms. The maximum Gasteiger partial charge on any atom is 0.500 e. The quantitative estimate of drug-likeness (QED) is 0.476. The summed E-state index contributed by atoms with van der Waals surface area (Å²) in [4.78, 5) is 0. The van der Waals surface area contributed by atoms with Gasteiger partial charge >= 0.3 is 8.80 Å². The van der Waals surface area contributed by atoms with Crippen molar-refractivity contribution in [2.45, 2.75) is 19.4 Å². The smallest absolute Gasteiger partial charge is 0.377 e. The van der Waals surface area contributed by atoms with Crippen molar-refractivity contribution in [1.29, 1.82) is 0 Å². The molecular formula is C8H24N2O3Si. The number of rotatable bonds is 8. The molecular weight excluding hydrogens is 200 g/mol. The molecule has 0 aliphatic heterocycles. The highest BCUT2D eigenvalue weighted by Gasteiger charge is 2.36. The average Bonchev–Trinajstić information content (AvgIpc) is 2.20. The zero-order valence-electron chi connectivity index (χ0n) is 9.76. The maximum absolute atomic E-state index is 5.28. The molecule has 0 atom stereocenters. The van der Waals surface area contributed by atoms with Gasteiger partial charge in [-0.2, -0.15) is 0 Å². The largest absolute Gasteiger partial charge is 0.500 e. The van der Waals surface area contributed by atoms with E-state index in [1.165, 1.54) is 0 Å². The summed E-state index contributed by atoms with van der Waals surface area (Å²) in [5, 5.41) is 3.25. The lowest BCUT2D eigenvalue weighted by Gasteiger charge is -2.24. The molecule has 0 unspecified atom stereocenters. The minimum atomic E-state index is -2.31. The third-order valence-corrected chi connectivity index (χ3v) is 4.85. The Morgan fingerprint density at radius 2 is 1.57 bits per heavy atom. The van der Waals surface area contributed by atoms with Crippen LogP contribution < -0.4 is 11.5 Å². The monoisotopic (exact) mass is 224 g/mol. The first-order chi connectivity index (χ1) is 6.24. The molecule has 0 aliphatic rings. The van der Waals surface area contributed by atoms with Crippen molar-refractivity contribution in [1.82, 2.24) is 11.5 Å². The first-order valence-corrected chi connectivity index (χ1v) is 6.54. The van der Waals surface area contributed by atoms with Crippen molar-refractivity contribution in [2.24, 2.45) is 0 Å². The van der Waals surface area contributed by atoms with Crippen LogP contribution in [0.1, 0.15) is 13.3 Å². The molecule has 0 aliphatic carbocycles. The summed E-state index contributed by atoms with van der Waals surface area (Å²) in [7, 11) is 2.63. The van der Waals surface area contributed by atoms with Gasteiger partial charge < -0.3 is 24.7 Å². The summed E-state index contributed by atoms with van der Waals surface area (Å²) in [6.45, 7) is 4.08. The Labute approximate surface area is 88.1 Å². The van der Waals surface area contributed by atoms with E-state index in [1.807, 2.05) is 0 Å². The summed E-state index contributed by atoms with van der Waals surface area (Å²) in [5.74, 6) is 0. The fourth-order valence-electron chi connectivity index (χ4n) is 1.16. The summed E-state index contributed by atoms with van der Waals surface area (Å²) in [6.07, 6.45) is 1.02. The van der Waals surface area contributed by atoms with Gasteiger partial charge in [0.2, 0.25) is 0 Å². The van der Waals surface area contributed by atoms with Crippen LogP contribution in [0, 0.1) is 0 Å². The topological polar surface area (TPSA) is 74.7 Å². The molecule has 0 heterocycles. The minimum Gasteiger partial charge on any atom is -0.377 e. The highest BCUT2D eigenvalue weighted by Crippen LogP contribution is 2.13. The van der Waals surface area contributed by atoms with Gasteiger partial charge in [-0.3, -0.25) is 0 Å². The molecule has 0 saturated carbocycles. The Morgan fingerprint density at radius 1 is 1.07 bits per heavy atom. The molecule has 0 aromatic rings. The first kappa shape index (κ1) is 16.4. The van der Waals surface area contributed by atoms with E-state index in [0.717, 1.165) is 25.6 Å². The van der Waals surface area contributed by atoms with E-state index >= 15 is 0 Å². The Morgan fingerprint density at radius 3 is 1.93 bits per heavy atom. The maximum atomic E-state index is 5.28. The van der Waals surface area contributed by atoms with Gasteiger partial charge in [0.25, 0.3) is 0 Å². The van der Waals surface area contributed by atoms with Crippen molar-refractivity contribution in [3.8, 4) is 0 Å². The predicted molar refractivity (Wildman–Crippen MR) is 59.8 cm³/mol. The molecule has 0 spiro atoms. The number of nitrogens with one attached hydrogen (secondary N) is 1. The molecule has 0 radical (unpaired) electrons. The zero-order valence-corrected chi connectivity index (χ0v) is 10.8. The Kier molecular flexibility index (Phi) is 11.2. The lowest BCUT2D eigenvalue weighted by molar-refractivity contribution is 0.123. The lowest BCUT2D eigenvalue weighted by atomic mass is 10.5. The summed E-state index contributed by atoms with van der Waals surface area (Å²) in [5.41, 5.74) is 0. The average molecular weight is 224 g/mol. The van der Waals surface area contributed by atoms with Crippen LogP contribution in [0.15, 0.2) is 0 Å². The van der Waals surface area contributed by atoms with Gasteiger partial charge in [-0.15, -0.1) is 0 Å². The first-order valence-electron chi connectivity index (χ1n) is 4.60. The third-order valence-electron chi connectivity index (χ3n) is 2.02. The van der Waals surface area contributed by atoms with Crippen molar-refractivity contribution in [3.63, 3.8) is 0 Å². The number of hydrogen-bond donors (Lipinski definition) is 2. The van der Waals surface area contributed by atoms with Gasteiger partial charge in [-0.05, 0) is 19.5 Å². The van der Waals surface area contributed by atoms with E-state index in [9.17, 15) is 0 Å². The van der Waals surface area contributed by atoms with Crippen LogP contribution in [0.25, 0.3) is 0 Å². The van der Waals surface area contributed by atoms with Crippen LogP contribution in [-0.2, 0) is 13.3 Å².